The van der Waals surface area contributed by atoms with E-state index in [0.717, 1.165) is 12.3 Å². The van der Waals surface area contributed by atoms with Crippen LogP contribution in [0.3, 0.4) is 0 Å². The number of hydrogen-bond acceptors (Lipinski definition) is 2. The van der Waals surface area contributed by atoms with Crippen molar-refractivity contribution in [3.8, 4) is 5.75 Å². The predicted octanol–water partition coefficient (Wildman–Crippen LogP) is 2.46. The molecule has 80 valence electrons. The molecular formula is C13H17NO. The highest BCUT2D eigenvalue weighted by molar-refractivity contribution is 5.51. The second-order valence-corrected chi connectivity index (χ2v) is 3.84. The molecule has 2 heteroatoms. The Morgan fingerprint density at radius 3 is 2.73 bits per heavy atom. The molecule has 1 unspecified atom stereocenters. The van der Waals surface area contributed by atoms with E-state index in [1.807, 2.05) is 12.1 Å². The van der Waals surface area contributed by atoms with Gasteiger partial charge in [0, 0.05) is 6.04 Å². The molecular weight excluding hydrogens is 186 g/mol. The molecule has 0 saturated carbocycles. The van der Waals surface area contributed by atoms with E-state index in [1.54, 1.807) is 7.11 Å². The van der Waals surface area contributed by atoms with Gasteiger partial charge in [0.1, 0.15) is 5.75 Å². The van der Waals surface area contributed by atoms with E-state index >= 15 is 0 Å². The quantitative estimate of drug-likeness (QED) is 0.814. The molecule has 2 rings (SSSR count). The van der Waals surface area contributed by atoms with Gasteiger partial charge in [0.15, 0.2) is 0 Å². The lowest BCUT2D eigenvalue weighted by Crippen LogP contribution is -2.17. The minimum atomic E-state index is 0.562. The van der Waals surface area contributed by atoms with Gasteiger partial charge in [-0.2, -0.15) is 0 Å². The first kappa shape index (κ1) is 10.2. The number of hydrogen-bond donors (Lipinski definition) is 1. The molecule has 1 aliphatic heterocycles. The standard InChI is InChI=1S/C13H17NO/c1-15-13-8-5-11(6-9-13)4-7-12-3-2-10-14-12/h4-9,12,14H,2-3,10H2,1H3/b7-4+. The minimum absolute atomic E-state index is 0.562. The number of methoxy groups -OCH3 is 1. The van der Waals surface area contributed by atoms with Gasteiger partial charge in [0.2, 0.25) is 0 Å². The lowest BCUT2D eigenvalue weighted by molar-refractivity contribution is 0.415. The van der Waals surface area contributed by atoms with Gasteiger partial charge < -0.3 is 10.1 Å². The van der Waals surface area contributed by atoms with Gasteiger partial charge in [-0.15, -0.1) is 0 Å². The number of ether oxygens (including phenoxy) is 1. The Hall–Kier alpha value is -1.28. The molecule has 15 heavy (non-hydrogen) atoms. The summed E-state index contributed by atoms with van der Waals surface area (Å²) in [5.41, 5.74) is 1.23. The van der Waals surface area contributed by atoms with Crippen LogP contribution >= 0.6 is 0 Å². The molecule has 1 fully saturated rings. The third-order valence-electron chi connectivity index (χ3n) is 2.74. The summed E-state index contributed by atoms with van der Waals surface area (Å²) in [6, 6.07) is 8.69. The summed E-state index contributed by atoms with van der Waals surface area (Å²) < 4.78 is 5.11. The van der Waals surface area contributed by atoms with Crippen LogP contribution in [0.5, 0.6) is 5.75 Å². The molecule has 0 amide bonds. The van der Waals surface area contributed by atoms with Gasteiger partial charge in [-0.05, 0) is 37.1 Å². The smallest absolute Gasteiger partial charge is 0.118 e. The fourth-order valence-corrected chi connectivity index (χ4v) is 1.82. The maximum atomic E-state index is 5.11. The normalized spacial score (nSPS) is 21.0. The van der Waals surface area contributed by atoms with E-state index in [9.17, 15) is 0 Å². The fourth-order valence-electron chi connectivity index (χ4n) is 1.82. The van der Waals surface area contributed by atoms with E-state index < -0.39 is 0 Å². The van der Waals surface area contributed by atoms with Crippen LogP contribution in [0.4, 0.5) is 0 Å². The summed E-state index contributed by atoms with van der Waals surface area (Å²) in [7, 11) is 1.69. The van der Waals surface area contributed by atoms with Crippen LogP contribution in [0, 0.1) is 0 Å². The monoisotopic (exact) mass is 203 g/mol. The van der Waals surface area contributed by atoms with Crippen molar-refractivity contribution in [3.05, 3.63) is 35.9 Å². The molecule has 1 aliphatic rings. The summed E-state index contributed by atoms with van der Waals surface area (Å²) >= 11 is 0. The summed E-state index contributed by atoms with van der Waals surface area (Å²) in [5.74, 6) is 0.908. The van der Waals surface area contributed by atoms with Crippen molar-refractivity contribution in [3.63, 3.8) is 0 Å². The number of rotatable bonds is 3. The van der Waals surface area contributed by atoms with Crippen LogP contribution in [0.2, 0.25) is 0 Å². The van der Waals surface area contributed by atoms with Gasteiger partial charge in [-0.25, -0.2) is 0 Å². The highest BCUT2D eigenvalue weighted by atomic mass is 16.5. The SMILES string of the molecule is COc1ccc(/C=C/C2CCCN2)cc1. The molecule has 1 N–H and O–H groups in total. The summed E-state index contributed by atoms with van der Waals surface area (Å²) in [6.45, 7) is 1.15. The first-order valence-corrected chi connectivity index (χ1v) is 5.44. The third-order valence-corrected chi connectivity index (χ3v) is 2.74. The average Bonchev–Trinajstić information content (AvgIpc) is 2.80. The first-order valence-electron chi connectivity index (χ1n) is 5.44. The Balaban J connectivity index is 1.97. The predicted molar refractivity (Wildman–Crippen MR) is 63.1 cm³/mol. The van der Waals surface area contributed by atoms with Crippen LogP contribution in [0.15, 0.2) is 30.3 Å². The molecule has 1 heterocycles. The van der Waals surface area contributed by atoms with Crippen LogP contribution in [-0.2, 0) is 0 Å². The molecule has 0 spiro atoms. The van der Waals surface area contributed by atoms with E-state index in [0.29, 0.717) is 6.04 Å². The van der Waals surface area contributed by atoms with Crippen molar-refractivity contribution in [1.29, 1.82) is 0 Å². The van der Waals surface area contributed by atoms with Crippen LogP contribution < -0.4 is 10.1 Å². The van der Waals surface area contributed by atoms with Crippen molar-refractivity contribution < 1.29 is 4.74 Å². The Morgan fingerprint density at radius 1 is 1.33 bits per heavy atom. The maximum Gasteiger partial charge on any atom is 0.118 e. The van der Waals surface area contributed by atoms with E-state index in [-0.39, 0.29) is 0 Å². The highest BCUT2D eigenvalue weighted by Crippen LogP contribution is 2.13. The van der Waals surface area contributed by atoms with Gasteiger partial charge >= 0.3 is 0 Å². The third kappa shape index (κ3) is 2.83. The molecule has 1 saturated heterocycles. The lowest BCUT2D eigenvalue weighted by atomic mass is 10.1. The lowest BCUT2D eigenvalue weighted by Gasteiger charge is -2.03. The molecule has 1 atom stereocenters. The summed E-state index contributed by atoms with van der Waals surface area (Å²) in [5, 5.41) is 3.44. The number of nitrogens with one attached hydrogen (secondary N) is 1. The largest absolute Gasteiger partial charge is 0.497 e. The van der Waals surface area contributed by atoms with Gasteiger partial charge in [-0.3, -0.25) is 0 Å². The Labute approximate surface area is 91.0 Å². The summed E-state index contributed by atoms with van der Waals surface area (Å²) in [4.78, 5) is 0. The highest BCUT2D eigenvalue weighted by Gasteiger charge is 2.09. The molecule has 0 radical (unpaired) electrons. The average molecular weight is 203 g/mol. The second-order valence-electron chi connectivity index (χ2n) is 3.84. The van der Waals surface area contributed by atoms with Gasteiger partial charge in [0.05, 0.1) is 7.11 Å². The van der Waals surface area contributed by atoms with Gasteiger partial charge in [-0.1, -0.05) is 24.3 Å². The Bertz CT molecular complexity index is 323. The maximum absolute atomic E-state index is 5.11. The van der Waals surface area contributed by atoms with E-state index in [4.69, 9.17) is 4.74 Å². The fraction of sp³-hybridized carbons (Fsp3) is 0.385. The van der Waals surface area contributed by atoms with E-state index in [1.165, 1.54) is 18.4 Å². The van der Waals surface area contributed by atoms with Crippen molar-refractivity contribution in [2.75, 3.05) is 13.7 Å². The Kier molecular flexibility index (Phi) is 3.41. The zero-order valence-corrected chi connectivity index (χ0v) is 9.07. The molecule has 0 aromatic heterocycles. The number of benzene rings is 1. The van der Waals surface area contributed by atoms with Crippen molar-refractivity contribution >= 4 is 6.08 Å². The van der Waals surface area contributed by atoms with Gasteiger partial charge in [0.25, 0.3) is 0 Å². The first-order chi connectivity index (χ1) is 7.38. The molecule has 0 aliphatic carbocycles. The van der Waals surface area contributed by atoms with Crippen molar-refractivity contribution in [1.82, 2.24) is 5.32 Å². The molecule has 2 nitrogen and oxygen atoms in total. The topological polar surface area (TPSA) is 21.3 Å². The zero-order valence-electron chi connectivity index (χ0n) is 9.07. The zero-order chi connectivity index (χ0) is 10.5. The molecule has 1 aromatic carbocycles. The van der Waals surface area contributed by atoms with Crippen LogP contribution in [-0.4, -0.2) is 19.7 Å². The van der Waals surface area contributed by atoms with Crippen LogP contribution in [0.1, 0.15) is 18.4 Å². The van der Waals surface area contributed by atoms with Crippen molar-refractivity contribution in [2.24, 2.45) is 0 Å². The summed E-state index contributed by atoms with van der Waals surface area (Å²) in [6.07, 6.45) is 6.96. The molecule has 0 bridgehead atoms. The van der Waals surface area contributed by atoms with E-state index in [2.05, 4.69) is 29.6 Å². The van der Waals surface area contributed by atoms with Crippen LogP contribution in [0.25, 0.3) is 6.08 Å². The van der Waals surface area contributed by atoms with Crippen molar-refractivity contribution in [2.45, 2.75) is 18.9 Å². The second kappa shape index (κ2) is 4.99. The Morgan fingerprint density at radius 2 is 2.13 bits per heavy atom. The minimum Gasteiger partial charge on any atom is -0.497 e. The molecule has 1 aromatic rings.